The van der Waals surface area contributed by atoms with Crippen molar-refractivity contribution in [3.8, 4) is 5.75 Å². The molecule has 0 spiro atoms. The van der Waals surface area contributed by atoms with Gasteiger partial charge in [0.2, 0.25) is 0 Å². The number of amidine groups is 1. The SMILES string of the molecule is N=C(N)c1cc(F)ccc1OCC1CCOC1. The molecule has 2 rings (SSSR count). The average molecular weight is 238 g/mol. The highest BCUT2D eigenvalue weighted by atomic mass is 19.1. The number of nitrogen functional groups attached to an aromatic ring is 1. The van der Waals surface area contributed by atoms with Gasteiger partial charge in [-0.1, -0.05) is 0 Å². The van der Waals surface area contributed by atoms with Gasteiger partial charge in [-0.2, -0.15) is 0 Å². The maximum Gasteiger partial charge on any atom is 0.130 e. The molecule has 4 nitrogen and oxygen atoms in total. The first-order valence-electron chi connectivity index (χ1n) is 5.51. The van der Waals surface area contributed by atoms with Crippen LogP contribution in [-0.4, -0.2) is 25.7 Å². The zero-order valence-electron chi connectivity index (χ0n) is 9.41. The number of benzene rings is 1. The molecule has 17 heavy (non-hydrogen) atoms. The second-order valence-electron chi connectivity index (χ2n) is 4.09. The van der Waals surface area contributed by atoms with Gasteiger partial charge in [0, 0.05) is 12.5 Å². The molecule has 1 unspecified atom stereocenters. The molecule has 0 aliphatic carbocycles. The van der Waals surface area contributed by atoms with Crippen molar-refractivity contribution in [1.82, 2.24) is 0 Å². The zero-order valence-corrected chi connectivity index (χ0v) is 9.41. The first kappa shape index (κ1) is 11.9. The van der Waals surface area contributed by atoms with Gasteiger partial charge < -0.3 is 15.2 Å². The standard InChI is InChI=1S/C12H15FN2O2/c13-9-1-2-11(10(5-9)12(14)15)17-7-8-3-4-16-6-8/h1-2,5,8H,3-4,6-7H2,(H3,14,15). The van der Waals surface area contributed by atoms with E-state index in [1.54, 1.807) is 0 Å². The molecule has 1 atom stereocenters. The van der Waals surface area contributed by atoms with Crippen LogP contribution in [0.2, 0.25) is 0 Å². The maximum absolute atomic E-state index is 13.0. The van der Waals surface area contributed by atoms with Crippen molar-refractivity contribution < 1.29 is 13.9 Å². The summed E-state index contributed by atoms with van der Waals surface area (Å²) in [6.45, 7) is 1.96. The van der Waals surface area contributed by atoms with Crippen LogP contribution in [0.15, 0.2) is 18.2 Å². The summed E-state index contributed by atoms with van der Waals surface area (Å²) in [5.41, 5.74) is 5.67. The fourth-order valence-corrected chi connectivity index (χ4v) is 1.76. The van der Waals surface area contributed by atoms with Crippen LogP contribution >= 0.6 is 0 Å². The summed E-state index contributed by atoms with van der Waals surface area (Å²) in [7, 11) is 0. The fraction of sp³-hybridized carbons (Fsp3) is 0.417. The third-order valence-electron chi connectivity index (χ3n) is 2.73. The van der Waals surface area contributed by atoms with E-state index in [9.17, 15) is 4.39 Å². The quantitative estimate of drug-likeness (QED) is 0.617. The summed E-state index contributed by atoms with van der Waals surface area (Å²) in [5.74, 6) is 0.194. The summed E-state index contributed by atoms with van der Waals surface area (Å²) >= 11 is 0. The topological polar surface area (TPSA) is 68.3 Å². The maximum atomic E-state index is 13.0. The molecule has 1 aromatic rings. The van der Waals surface area contributed by atoms with E-state index < -0.39 is 5.82 Å². The first-order chi connectivity index (χ1) is 8.16. The van der Waals surface area contributed by atoms with Crippen molar-refractivity contribution in [2.24, 2.45) is 11.7 Å². The minimum atomic E-state index is -0.424. The number of ether oxygens (including phenoxy) is 2. The monoisotopic (exact) mass is 238 g/mol. The summed E-state index contributed by atoms with van der Waals surface area (Å²) in [6, 6.07) is 4.01. The first-order valence-corrected chi connectivity index (χ1v) is 5.51. The van der Waals surface area contributed by atoms with Crippen LogP contribution < -0.4 is 10.5 Å². The summed E-state index contributed by atoms with van der Waals surface area (Å²) < 4.78 is 23.8. The van der Waals surface area contributed by atoms with Gasteiger partial charge in [0.25, 0.3) is 0 Å². The minimum absolute atomic E-state index is 0.192. The largest absolute Gasteiger partial charge is 0.492 e. The summed E-state index contributed by atoms with van der Waals surface area (Å²) in [6.07, 6.45) is 0.969. The molecule has 1 aromatic carbocycles. The fourth-order valence-electron chi connectivity index (χ4n) is 1.76. The Labute approximate surface area is 99.0 Å². The summed E-state index contributed by atoms with van der Waals surface area (Å²) in [5, 5.41) is 7.37. The lowest BCUT2D eigenvalue weighted by Crippen LogP contribution is -2.16. The minimum Gasteiger partial charge on any atom is -0.492 e. The Morgan fingerprint density at radius 1 is 1.59 bits per heavy atom. The third kappa shape index (κ3) is 2.94. The van der Waals surface area contributed by atoms with Crippen molar-refractivity contribution in [1.29, 1.82) is 5.41 Å². The molecule has 0 amide bonds. The highest BCUT2D eigenvalue weighted by Crippen LogP contribution is 2.21. The van der Waals surface area contributed by atoms with Gasteiger partial charge in [-0.3, -0.25) is 5.41 Å². The second-order valence-corrected chi connectivity index (χ2v) is 4.09. The van der Waals surface area contributed by atoms with Gasteiger partial charge in [0.1, 0.15) is 17.4 Å². The van der Waals surface area contributed by atoms with Crippen LogP contribution in [0, 0.1) is 17.1 Å². The number of nitrogens with two attached hydrogens (primary N) is 1. The van der Waals surface area contributed by atoms with Crippen LogP contribution in [0.4, 0.5) is 4.39 Å². The molecule has 1 aliphatic heterocycles. The number of hydrogen-bond acceptors (Lipinski definition) is 3. The molecule has 1 saturated heterocycles. The van der Waals surface area contributed by atoms with Gasteiger partial charge in [-0.05, 0) is 24.6 Å². The van der Waals surface area contributed by atoms with Crippen LogP contribution in [0.5, 0.6) is 5.75 Å². The van der Waals surface area contributed by atoms with Crippen LogP contribution in [0.25, 0.3) is 0 Å². The molecular weight excluding hydrogens is 223 g/mol. The number of halogens is 1. The van der Waals surface area contributed by atoms with Gasteiger partial charge in [-0.15, -0.1) is 0 Å². The molecule has 0 bridgehead atoms. The van der Waals surface area contributed by atoms with Gasteiger partial charge in [0.05, 0.1) is 18.8 Å². The van der Waals surface area contributed by atoms with E-state index in [0.29, 0.717) is 30.4 Å². The zero-order chi connectivity index (χ0) is 12.3. The predicted molar refractivity (Wildman–Crippen MR) is 61.8 cm³/mol. The van der Waals surface area contributed by atoms with Gasteiger partial charge in [-0.25, -0.2) is 4.39 Å². The molecule has 1 aliphatic rings. The van der Waals surface area contributed by atoms with Gasteiger partial charge in [0.15, 0.2) is 0 Å². The van der Waals surface area contributed by atoms with E-state index in [0.717, 1.165) is 13.0 Å². The van der Waals surface area contributed by atoms with Crippen molar-refractivity contribution in [3.05, 3.63) is 29.6 Å². The Hall–Kier alpha value is -1.62. The third-order valence-corrected chi connectivity index (χ3v) is 2.73. The number of rotatable bonds is 4. The van der Waals surface area contributed by atoms with Crippen molar-refractivity contribution >= 4 is 5.84 Å². The molecule has 1 fully saturated rings. The number of nitrogens with one attached hydrogen (secondary N) is 1. The molecule has 5 heteroatoms. The average Bonchev–Trinajstić information content (AvgIpc) is 2.80. The van der Waals surface area contributed by atoms with Gasteiger partial charge >= 0.3 is 0 Å². The van der Waals surface area contributed by atoms with Crippen LogP contribution in [-0.2, 0) is 4.74 Å². The normalized spacial score (nSPS) is 19.2. The summed E-state index contributed by atoms with van der Waals surface area (Å²) in [4.78, 5) is 0. The van der Waals surface area contributed by atoms with Crippen LogP contribution in [0.1, 0.15) is 12.0 Å². The lowest BCUT2D eigenvalue weighted by molar-refractivity contribution is 0.167. The van der Waals surface area contributed by atoms with E-state index in [1.165, 1.54) is 18.2 Å². The van der Waals surface area contributed by atoms with E-state index in [-0.39, 0.29) is 5.84 Å². The molecule has 0 aromatic heterocycles. The highest BCUT2D eigenvalue weighted by Gasteiger charge is 2.17. The molecule has 3 N–H and O–H groups in total. The molecule has 0 saturated carbocycles. The Morgan fingerprint density at radius 2 is 2.41 bits per heavy atom. The molecule has 0 radical (unpaired) electrons. The van der Waals surface area contributed by atoms with Crippen molar-refractivity contribution in [3.63, 3.8) is 0 Å². The number of hydrogen-bond donors (Lipinski definition) is 2. The predicted octanol–water partition coefficient (Wildman–Crippen LogP) is 1.53. The van der Waals surface area contributed by atoms with E-state index in [4.69, 9.17) is 20.6 Å². The Balaban J connectivity index is 2.06. The van der Waals surface area contributed by atoms with E-state index in [1.807, 2.05) is 0 Å². The highest BCUT2D eigenvalue weighted by molar-refractivity contribution is 5.97. The smallest absolute Gasteiger partial charge is 0.130 e. The Kier molecular flexibility index (Phi) is 3.58. The van der Waals surface area contributed by atoms with E-state index >= 15 is 0 Å². The molecule has 92 valence electrons. The molecule has 1 heterocycles. The molecular formula is C12H15FN2O2. The lowest BCUT2D eigenvalue weighted by Gasteiger charge is -2.13. The Morgan fingerprint density at radius 3 is 3.06 bits per heavy atom. The Bertz CT molecular complexity index is 417. The van der Waals surface area contributed by atoms with Crippen molar-refractivity contribution in [2.75, 3.05) is 19.8 Å². The van der Waals surface area contributed by atoms with Crippen molar-refractivity contribution in [2.45, 2.75) is 6.42 Å². The van der Waals surface area contributed by atoms with Crippen LogP contribution in [0.3, 0.4) is 0 Å². The second kappa shape index (κ2) is 5.14. The lowest BCUT2D eigenvalue weighted by atomic mass is 10.1. The van der Waals surface area contributed by atoms with E-state index in [2.05, 4.69) is 0 Å².